The van der Waals surface area contributed by atoms with Crippen LogP contribution in [0.2, 0.25) is 0 Å². The average molecular weight is 518 g/mol. The molecule has 2 aromatic carbocycles. The molecule has 1 amide bonds. The molecule has 1 saturated heterocycles. The van der Waals surface area contributed by atoms with E-state index in [1.807, 2.05) is 61.3 Å². The van der Waals surface area contributed by atoms with Gasteiger partial charge in [-0.15, -0.1) is 0 Å². The number of fused-ring (bicyclic) bond motifs is 1. The van der Waals surface area contributed by atoms with Crippen LogP contribution in [0.25, 0.3) is 11.0 Å². The Balaban J connectivity index is 1.16. The number of carbonyl (C=O) groups excluding carboxylic acids is 1. The number of nitrogens with one attached hydrogen (secondary N) is 1. The minimum Gasteiger partial charge on any atom is -0.497 e. The number of benzene rings is 2. The maximum atomic E-state index is 12.9. The number of aromatic nitrogens is 3. The summed E-state index contributed by atoms with van der Waals surface area (Å²) in [7, 11) is 1.67. The lowest BCUT2D eigenvalue weighted by molar-refractivity contribution is -0.133. The molecule has 1 aliphatic rings. The first-order valence-corrected chi connectivity index (χ1v) is 13.3. The molecule has 0 saturated carbocycles. The van der Waals surface area contributed by atoms with Gasteiger partial charge in [0.2, 0.25) is 0 Å². The number of hydrogen-bond acceptors (Lipinski definition) is 7. The van der Waals surface area contributed by atoms with Crippen LogP contribution in [0.4, 0.5) is 5.69 Å². The molecule has 0 radical (unpaired) electrons. The van der Waals surface area contributed by atoms with Crippen LogP contribution in [0.1, 0.15) is 16.8 Å². The van der Waals surface area contributed by atoms with E-state index in [9.17, 15) is 4.79 Å². The van der Waals surface area contributed by atoms with Crippen LogP contribution in [0.15, 0.2) is 59.9 Å². The van der Waals surface area contributed by atoms with E-state index in [4.69, 9.17) is 9.47 Å². The summed E-state index contributed by atoms with van der Waals surface area (Å²) in [5.74, 6) is 2.24. The van der Waals surface area contributed by atoms with Gasteiger partial charge in [0.25, 0.3) is 5.91 Å². The van der Waals surface area contributed by atoms with Crippen molar-refractivity contribution in [3.8, 4) is 11.5 Å². The number of thioether (sulfide) groups is 1. The third-order valence-corrected chi connectivity index (χ3v) is 7.55. The first-order valence-electron chi connectivity index (χ1n) is 12.3. The lowest BCUT2D eigenvalue weighted by Crippen LogP contribution is -2.50. The summed E-state index contributed by atoms with van der Waals surface area (Å²) in [4.78, 5) is 29.7. The van der Waals surface area contributed by atoms with Crippen molar-refractivity contribution < 1.29 is 14.3 Å². The van der Waals surface area contributed by atoms with Gasteiger partial charge in [0, 0.05) is 54.9 Å². The van der Waals surface area contributed by atoms with E-state index in [0.717, 1.165) is 63.3 Å². The molecule has 0 atom stereocenters. The van der Waals surface area contributed by atoms with Crippen LogP contribution in [0.5, 0.6) is 11.5 Å². The standard InChI is InChI=1S/C28H31N5O3S/c1-19-16-29-25(18-37-28-30-23-6-4-5-7-24(23)31-28)20(2)27(19)36-17-26(34)33-14-12-32(13-15-33)21-8-10-22(35-3)11-9-21/h4-11,16H,12-15,17-18H2,1-3H3,(H,30,31). The Bertz CT molecular complexity index is 1350. The fourth-order valence-corrected chi connectivity index (χ4v) is 5.40. The van der Waals surface area contributed by atoms with Crippen molar-refractivity contribution in [2.24, 2.45) is 0 Å². The molecule has 4 aromatic rings. The van der Waals surface area contributed by atoms with Crippen LogP contribution >= 0.6 is 11.8 Å². The van der Waals surface area contributed by atoms with Gasteiger partial charge in [-0.3, -0.25) is 9.78 Å². The Morgan fingerprint density at radius 2 is 1.81 bits per heavy atom. The molecule has 1 aliphatic heterocycles. The molecule has 0 aliphatic carbocycles. The number of carbonyl (C=O) groups is 1. The van der Waals surface area contributed by atoms with Gasteiger partial charge in [0.1, 0.15) is 11.5 Å². The van der Waals surface area contributed by atoms with E-state index in [1.54, 1.807) is 18.9 Å². The van der Waals surface area contributed by atoms with Crippen molar-refractivity contribution in [1.29, 1.82) is 0 Å². The van der Waals surface area contributed by atoms with Crippen molar-refractivity contribution in [2.45, 2.75) is 24.8 Å². The molecule has 9 heteroatoms. The number of piperazine rings is 1. The zero-order valence-corrected chi connectivity index (χ0v) is 22.2. The highest BCUT2D eigenvalue weighted by atomic mass is 32.2. The number of ether oxygens (including phenoxy) is 2. The van der Waals surface area contributed by atoms with Gasteiger partial charge in [0.05, 0.1) is 23.8 Å². The molecular formula is C28H31N5O3S. The number of rotatable bonds is 8. The van der Waals surface area contributed by atoms with Gasteiger partial charge in [0.15, 0.2) is 11.8 Å². The summed E-state index contributed by atoms with van der Waals surface area (Å²) in [6.45, 7) is 6.89. The topological polar surface area (TPSA) is 83.6 Å². The zero-order valence-electron chi connectivity index (χ0n) is 21.4. The third kappa shape index (κ3) is 5.67. The smallest absolute Gasteiger partial charge is 0.260 e. The van der Waals surface area contributed by atoms with Gasteiger partial charge >= 0.3 is 0 Å². The van der Waals surface area contributed by atoms with Crippen molar-refractivity contribution in [3.05, 3.63) is 71.5 Å². The summed E-state index contributed by atoms with van der Waals surface area (Å²) in [6.07, 6.45) is 1.81. The summed E-state index contributed by atoms with van der Waals surface area (Å²) < 4.78 is 11.3. The SMILES string of the molecule is COc1ccc(N2CCN(C(=O)COc3c(C)cnc(CSc4nc5ccccc5[nH]4)c3C)CC2)cc1. The van der Waals surface area contributed by atoms with Crippen molar-refractivity contribution >= 4 is 34.4 Å². The number of hydrogen-bond donors (Lipinski definition) is 1. The molecule has 8 nitrogen and oxygen atoms in total. The average Bonchev–Trinajstić information content (AvgIpc) is 3.35. The molecule has 1 N–H and O–H groups in total. The highest BCUT2D eigenvalue weighted by Crippen LogP contribution is 2.29. The van der Waals surface area contributed by atoms with E-state index in [2.05, 4.69) is 32.0 Å². The number of anilines is 1. The first-order chi connectivity index (χ1) is 18.0. The third-order valence-electron chi connectivity index (χ3n) is 6.67. The van der Waals surface area contributed by atoms with E-state index in [0.29, 0.717) is 18.8 Å². The Morgan fingerprint density at radius 3 is 2.54 bits per heavy atom. The number of imidazole rings is 1. The molecule has 37 heavy (non-hydrogen) atoms. The van der Waals surface area contributed by atoms with Crippen LogP contribution in [0.3, 0.4) is 0 Å². The van der Waals surface area contributed by atoms with Gasteiger partial charge in [-0.05, 0) is 50.2 Å². The van der Waals surface area contributed by atoms with E-state index < -0.39 is 0 Å². The lowest BCUT2D eigenvalue weighted by atomic mass is 10.1. The Hall–Kier alpha value is -3.72. The van der Waals surface area contributed by atoms with E-state index in [-0.39, 0.29) is 12.5 Å². The predicted octanol–water partition coefficient (Wildman–Crippen LogP) is 4.60. The molecule has 0 bridgehead atoms. The van der Waals surface area contributed by atoms with Gasteiger partial charge in [-0.1, -0.05) is 23.9 Å². The van der Waals surface area contributed by atoms with Crippen molar-refractivity contribution in [2.75, 3.05) is 44.8 Å². The highest BCUT2D eigenvalue weighted by Gasteiger charge is 2.22. The second kappa shape index (κ2) is 11.1. The van der Waals surface area contributed by atoms with Crippen LogP contribution in [-0.4, -0.2) is 65.7 Å². The zero-order chi connectivity index (χ0) is 25.8. The number of methoxy groups -OCH3 is 1. The van der Waals surface area contributed by atoms with Gasteiger partial charge < -0.3 is 24.3 Å². The van der Waals surface area contributed by atoms with Gasteiger partial charge in [-0.2, -0.15) is 0 Å². The Kier molecular flexibility index (Phi) is 7.50. The fourth-order valence-electron chi connectivity index (χ4n) is 4.49. The number of nitrogens with zero attached hydrogens (tertiary/aromatic N) is 4. The summed E-state index contributed by atoms with van der Waals surface area (Å²) in [6, 6.07) is 16.0. The fraction of sp³-hybridized carbons (Fsp3) is 0.321. The minimum atomic E-state index is 0.00296. The molecule has 192 valence electrons. The van der Waals surface area contributed by atoms with Crippen molar-refractivity contribution in [3.63, 3.8) is 0 Å². The normalized spacial score (nSPS) is 13.7. The molecule has 3 heterocycles. The summed E-state index contributed by atoms with van der Waals surface area (Å²) in [5, 5.41) is 0.856. The number of aromatic amines is 1. The molecular weight excluding hydrogens is 486 g/mol. The molecule has 5 rings (SSSR count). The maximum Gasteiger partial charge on any atom is 0.260 e. The monoisotopic (exact) mass is 517 g/mol. The summed E-state index contributed by atoms with van der Waals surface area (Å²) >= 11 is 1.60. The first kappa shape index (κ1) is 25.0. The van der Waals surface area contributed by atoms with Crippen LogP contribution in [0, 0.1) is 13.8 Å². The second-order valence-electron chi connectivity index (χ2n) is 9.04. The predicted molar refractivity (Wildman–Crippen MR) is 147 cm³/mol. The minimum absolute atomic E-state index is 0.00296. The van der Waals surface area contributed by atoms with Gasteiger partial charge in [-0.25, -0.2) is 4.98 Å². The summed E-state index contributed by atoms with van der Waals surface area (Å²) in [5.41, 5.74) is 5.91. The van der Waals surface area contributed by atoms with Crippen molar-refractivity contribution in [1.82, 2.24) is 19.9 Å². The number of aryl methyl sites for hydroxylation is 1. The maximum absolute atomic E-state index is 12.9. The number of pyridine rings is 1. The number of amides is 1. The largest absolute Gasteiger partial charge is 0.497 e. The van der Waals surface area contributed by atoms with Crippen LogP contribution in [-0.2, 0) is 10.5 Å². The second-order valence-corrected chi connectivity index (χ2v) is 10.0. The Labute approximate surface area is 221 Å². The highest BCUT2D eigenvalue weighted by molar-refractivity contribution is 7.98. The quantitative estimate of drug-likeness (QED) is 0.342. The molecule has 0 spiro atoms. The molecule has 0 unspecified atom stereocenters. The van der Waals surface area contributed by atoms with Crippen LogP contribution < -0.4 is 14.4 Å². The van der Waals surface area contributed by atoms with E-state index >= 15 is 0 Å². The Morgan fingerprint density at radius 1 is 1.05 bits per heavy atom. The molecule has 1 fully saturated rings. The lowest BCUT2D eigenvalue weighted by Gasteiger charge is -2.36. The van der Waals surface area contributed by atoms with E-state index in [1.165, 1.54) is 0 Å². The number of H-pyrrole nitrogens is 1. The molecule has 2 aromatic heterocycles. The number of para-hydroxylation sites is 2.